The van der Waals surface area contributed by atoms with E-state index in [0.29, 0.717) is 11.4 Å². The summed E-state index contributed by atoms with van der Waals surface area (Å²) < 4.78 is 5.85. The summed E-state index contributed by atoms with van der Waals surface area (Å²) in [7, 11) is 1.49. The monoisotopic (exact) mass is 304 g/mol. The van der Waals surface area contributed by atoms with E-state index in [1.807, 2.05) is 0 Å². The smallest absolute Gasteiger partial charge is 0.322 e. The lowest BCUT2D eigenvalue weighted by atomic mass is 10.3. The first-order valence-corrected chi connectivity index (χ1v) is 5.44. The first kappa shape index (κ1) is 12.9. The molecule has 1 aromatic rings. The van der Waals surface area contributed by atoms with Crippen LogP contribution in [-0.4, -0.2) is 34.7 Å². The van der Waals surface area contributed by atoms with Crippen molar-refractivity contribution >= 4 is 39.1 Å². The number of carbonyl (C=O) groups is 1. The molecule has 0 atom stereocenters. The normalized spacial score (nSPS) is 9.62. The van der Waals surface area contributed by atoms with E-state index in [1.165, 1.54) is 7.11 Å². The van der Waals surface area contributed by atoms with Crippen molar-refractivity contribution in [1.29, 1.82) is 0 Å². The topological polar surface area (TPSA) is 71.5 Å². The lowest BCUT2D eigenvalue weighted by Gasteiger charge is -2.09. The minimum Gasteiger partial charge on any atom is -0.494 e. The SMILES string of the molecule is COc1cc(Br)cnc1C(=S)NCC(=O)O. The maximum absolute atomic E-state index is 10.4. The van der Waals surface area contributed by atoms with Crippen molar-refractivity contribution in [3.05, 3.63) is 22.4 Å². The van der Waals surface area contributed by atoms with Crippen molar-refractivity contribution in [3.8, 4) is 5.75 Å². The Morgan fingerprint density at radius 2 is 2.44 bits per heavy atom. The Labute approximate surface area is 106 Å². The van der Waals surface area contributed by atoms with Gasteiger partial charge in [0.2, 0.25) is 0 Å². The number of pyridine rings is 1. The van der Waals surface area contributed by atoms with Crippen molar-refractivity contribution in [2.24, 2.45) is 0 Å². The van der Waals surface area contributed by atoms with Crippen molar-refractivity contribution in [1.82, 2.24) is 10.3 Å². The van der Waals surface area contributed by atoms with Crippen LogP contribution in [0.25, 0.3) is 0 Å². The number of carboxylic acids is 1. The zero-order valence-electron chi connectivity index (χ0n) is 8.36. The van der Waals surface area contributed by atoms with E-state index in [2.05, 4.69) is 26.2 Å². The molecule has 0 spiro atoms. The second kappa shape index (κ2) is 5.76. The zero-order chi connectivity index (χ0) is 12.1. The fourth-order valence-electron chi connectivity index (χ4n) is 0.986. The van der Waals surface area contributed by atoms with Gasteiger partial charge < -0.3 is 15.2 Å². The van der Waals surface area contributed by atoms with Crippen molar-refractivity contribution in [2.75, 3.05) is 13.7 Å². The number of nitrogens with one attached hydrogen (secondary N) is 1. The largest absolute Gasteiger partial charge is 0.494 e. The Morgan fingerprint density at radius 3 is 3.00 bits per heavy atom. The molecule has 0 saturated heterocycles. The number of ether oxygens (including phenoxy) is 1. The molecule has 1 rings (SSSR count). The summed E-state index contributed by atoms with van der Waals surface area (Å²) in [6.45, 7) is -0.250. The molecule has 7 heteroatoms. The Kier molecular flexibility index (Phi) is 4.63. The van der Waals surface area contributed by atoms with Crippen LogP contribution in [0.3, 0.4) is 0 Å². The van der Waals surface area contributed by atoms with Gasteiger partial charge >= 0.3 is 5.97 Å². The molecule has 0 saturated carbocycles. The average Bonchev–Trinajstić information content (AvgIpc) is 2.25. The first-order chi connectivity index (χ1) is 7.54. The van der Waals surface area contributed by atoms with Gasteiger partial charge in [0.1, 0.15) is 23.0 Å². The molecule has 16 heavy (non-hydrogen) atoms. The Morgan fingerprint density at radius 1 is 1.75 bits per heavy atom. The maximum Gasteiger partial charge on any atom is 0.322 e. The highest BCUT2D eigenvalue weighted by Gasteiger charge is 2.11. The van der Waals surface area contributed by atoms with Crippen LogP contribution >= 0.6 is 28.1 Å². The molecule has 0 bridgehead atoms. The summed E-state index contributed by atoms with van der Waals surface area (Å²) in [6, 6.07) is 1.71. The van der Waals surface area contributed by atoms with Gasteiger partial charge in [0.15, 0.2) is 0 Å². The first-order valence-electron chi connectivity index (χ1n) is 4.24. The molecule has 86 valence electrons. The third kappa shape index (κ3) is 3.42. The van der Waals surface area contributed by atoms with Crippen LogP contribution in [0.1, 0.15) is 5.69 Å². The summed E-state index contributed by atoms with van der Waals surface area (Å²) >= 11 is 8.25. The quantitative estimate of drug-likeness (QED) is 0.815. The molecule has 0 unspecified atom stereocenters. The van der Waals surface area contributed by atoms with Crippen LogP contribution in [-0.2, 0) is 4.79 Å². The van der Waals surface area contributed by atoms with Crippen molar-refractivity contribution < 1.29 is 14.6 Å². The zero-order valence-corrected chi connectivity index (χ0v) is 10.8. The summed E-state index contributed by atoms with van der Waals surface area (Å²) in [5.74, 6) is -0.504. The minimum absolute atomic E-state index is 0.242. The van der Waals surface area contributed by atoms with Crippen LogP contribution < -0.4 is 10.1 Å². The van der Waals surface area contributed by atoms with E-state index in [-0.39, 0.29) is 11.5 Å². The van der Waals surface area contributed by atoms with E-state index >= 15 is 0 Å². The number of carboxylic acid groups (broad SMARTS) is 1. The molecular formula is C9H9BrN2O3S. The fraction of sp³-hybridized carbons (Fsp3) is 0.222. The van der Waals surface area contributed by atoms with E-state index in [0.717, 1.165) is 4.47 Å². The summed E-state index contributed by atoms with van der Waals surface area (Å²) in [6.07, 6.45) is 1.56. The van der Waals surface area contributed by atoms with Gasteiger partial charge in [-0.3, -0.25) is 4.79 Å². The molecule has 0 aliphatic heterocycles. The van der Waals surface area contributed by atoms with Gasteiger partial charge in [-0.25, -0.2) is 4.98 Å². The van der Waals surface area contributed by atoms with Crippen molar-refractivity contribution in [3.63, 3.8) is 0 Å². The molecule has 0 fully saturated rings. The molecule has 0 aromatic carbocycles. The lowest BCUT2D eigenvalue weighted by molar-refractivity contribution is -0.135. The highest BCUT2D eigenvalue weighted by Crippen LogP contribution is 2.21. The second-order valence-corrected chi connectivity index (χ2v) is 4.10. The minimum atomic E-state index is -0.988. The van der Waals surface area contributed by atoms with Gasteiger partial charge in [-0.15, -0.1) is 0 Å². The number of aromatic nitrogens is 1. The van der Waals surface area contributed by atoms with Gasteiger partial charge in [-0.05, 0) is 22.0 Å². The number of methoxy groups -OCH3 is 1. The Hall–Kier alpha value is -1.21. The standard InChI is InChI=1S/C9H9BrN2O3S/c1-15-6-2-5(10)3-11-8(6)9(16)12-4-7(13)14/h2-3H,4H2,1H3,(H,12,16)(H,13,14). The summed E-state index contributed by atoms with van der Waals surface area (Å²) in [5, 5.41) is 11.1. The molecule has 1 heterocycles. The molecular weight excluding hydrogens is 296 g/mol. The molecule has 0 amide bonds. The van der Waals surface area contributed by atoms with E-state index in [9.17, 15) is 4.79 Å². The van der Waals surface area contributed by atoms with Crippen molar-refractivity contribution in [2.45, 2.75) is 0 Å². The maximum atomic E-state index is 10.4. The molecule has 0 aliphatic rings. The Balaban J connectivity index is 2.86. The molecule has 0 radical (unpaired) electrons. The highest BCUT2D eigenvalue weighted by atomic mass is 79.9. The average molecular weight is 305 g/mol. The van der Waals surface area contributed by atoms with Gasteiger partial charge in [-0.1, -0.05) is 12.2 Å². The van der Waals surface area contributed by atoms with Gasteiger partial charge in [-0.2, -0.15) is 0 Å². The third-order valence-corrected chi connectivity index (χ3v) is 2.43. The number of rotatable bonds is 4. The lowest BCUT2D eigenvalue weighted by Crippen LogP contribution is -2.29. The predicted octanol–water partition coefficient (Wildman–Crippen LogP) is 1.20. The van der Waals surface area contributed by atoms with Gasteiger partial charge in [0.05, 0.1) is 7.11 Å². The van der Waals surface area contributed by atoms with Crippen LogP contribution in [0.15, 0.2) is 16.7 Å². The fourth-order valence-corrected chi connectivity index (χ4v) is 1.52. The van der Waals surface area contributed by atoms with E-state index < -0.39 is 5.97 Å². The summed E-state index contributed by atoms with van der Waals surface area (Å²) in [4.78, 5) is 14.7. The number of hydrogen-bond donors (Lipinski definition) is 2. The third-order valence-electron chi connectivity index (χ3n) is 1.65. The van der Waals surface area contributed by atoms with Crippen LogP contribution in [0.4, 0.5) is 0 Å². The predicted molar refractivity (Wildman–Crippen MR) is 65.8 cm³/mol. The molecule has 2 N–H and O–H groups in total. The van der Waals surface area contributed by atoms with Crippen LogP contribution in [0.5, 0.6) is 5.75 Å². The number of halogens is 1. The van der Waals surface area contributed by atoms with Gasteiger partial charge in [0, 0.05) is 10.7 Å². The number of aliphatic carboxylic acids is 1. The van der Waals surface area contributed by atoms with Gasteiger partial charge in [0.25, 0.3) is 0 Å². The van der Waals surface area contributed by atoms with Crippen LogP contribution in [0, 0.1) is 0 Å². The number of nitrogens with zero attached hydrogens (tertiary/aromatic N) is 1. The Bertz CT molecular complexity index is 425. The molecule has 1 aromatic heterocycles. The summed E-state index contributed by atoms with van der Waals surface area (Å²) in [5.41, 5.74) is 0.418. The van der Waals surface area contributed by atoms with E-state index in [1.54, 1.807) is 12.3 Å². The second-order valence-electron chi connectivity index (χ2n) is 2.78. The highest BCUT2D eigenvalue weighted by molar-refractivity contribution is 9.10. The van der Waals surface area contributed by atoms with E-state index in [4.69, 9.17) is 22.1 Å². The van der Waals surface area contributed by atoms with Crippen LogP contribution in [0.2, 0.25) is 0 Å². The number of thiocarbonyl (C=S) groups is 1. The molecule has 5 nitrogen and oxygen atoms in total. The number of hydrogen-bond acceptors (Lipinski definition) is 4. The molecule has 0 aliphatic carbocycles.